The SMILES string of the molecule is O=C(NCC1=CN(c2ccc(-n3ccccc3=O)cc2-c2ccncc2)NN1)c1ccc(Cl)s1. The molecule has 0 fully saturated rings. The van der Waals surface area contributed by atoms with Gasteiger partial charge in [0, 0.05) is 42.1 Å². The van der Waals surface area contributed by atoms with E-state index in [9.17, 15) is 9.59 Å². The van der Waals surface area contributed by atoms with Gasteiger partial charge in [-0.2, -0.15) is 0 Å². The van der Waals surface area contributed by atoms with Gasteiger partial charge in [-0.05, 0) is 54.1 Å². The van der Waals surface area contributed by atoms with Crippen LogP contribution in [0.1, 0.15) is 9.67 Å². The lowest BCUT2D eigenvalue weighted by molar-refractivity contribution is 0.0960. The molecule has 5 rings (SSSR count). The van der Waals surface area contributed by atoms with Crippen molar-refractivity contribution in [2.75, 3.05) is 11.6 Å². The number of carbonyl (C=O) groups excluding carboxylic acids is 1. The van der Waals surface area contributed by atoms with Gasteiger partial charge in [0.2, 0.25) is 0 Å². The van der Waals surface area contributed by atoms with Gasteiger partial charge in [-0.15, -0.1) is 16.9 Å². The van der Waals surface area contributed by atoms with Gasteiger partial charge in [0.25, 0.3) is 11.5 Å². The second-order valence-electron chi connectivity index (χ2n) is 7.39. The summed E-state index contributed by atoms with van der Waals surface area (Å²) in [5.74, 6) is -0.187. The van der Waals surface area contributed by atoms with Crippen molar-refractivity contribution in [2.45, 2.75) is 0 Å². The maximum Gasteiger partial charge on any atom is 0.261 e. The van der Waals surface area contributed by atoms with Crippen molar-refractivity contribution in [1.82, 2.24) is 25.8 Å². The first-order chi connectivity index (χ1) is 16.6. The Kier molecular flexibility index (Phi) is 6.13. The van der Waals surface area contributed by atoms with E-state index < -0.39 is 0 Å². The summed E-state index contributed by atoms with van der Waals surface area (Å²) in [6, 6.07) is 18.1. The third kappa shape index (κ3) is 4.58. The van der Waals surface area contributed by atoms with Gasteiger partial charge in [0.1, 0.15) is 0 Å². The average Bonchev–Trinajstić information content (AvgIpc) is 3.52. The standard InChI is InChI=1S/C24H19ClN6O2S/c25-22-7-6-21(34-22)24(33)27-14-17-15-31(29-28-17)20-5-4-18(30-12-2-1-3-23(30)32)13-19(20)16-8-10-26-11-9-16/h1-13,15,28-29H,14H2,(H,27,33). The number of hydrazine groups is 2. The van der Waals surface area contributed by atoms with Gasteiger partial charge < -0.3 is 10.7 Å². The van der Waals surface area contributed by atoms with Crippen LogP contribution in [0.4, 0.5) is 5.69 Å². The van der Waals surface area contributed by atoms with Crippen molar-refractivity contribution >= 4 is 34.5 Å². The van der Waals surface area contributed by atoms with Crippen molar-refractivity contribution in [3.8, 4) is 16.8 Å². The number of rotatable bonds is 6. The first-order valence-corrected chi connectivity index (χ1v) is 11.6. The Balaban J connectivity index is 1.42. The number of halogens is 1. The number of nitrogens with one attached hydrogen (secondary N) is 3. The highest BCUT2D eigenvalue weighted by molar-refractivity contribution is 7.18. The number of hydrogen-bond donors (Lipinski definition) is 3. The molecule has 10 heteroatoms. The van der Waals surface area contributed by atoms with E-state index in [2.05, 4.69) is 21.3 Å². The lowest BCUT2D eigenvalue weighted by Gasteiger charge is -2.20. The summed E-state index contributed by atoms with van der Waals surface area (Å²) in [6.45, 7) is 0.305. The highest BCUT2D eigenvalue weighted by Crippen LogP contribution is 2.33. The van der Waals surface area contributed by atoms with Crippen LogP contribution in [0.5, 0.6) is 0 Å². The third-order valence-corrected chi connectivity index (χ3v) is 6.42. The molecule has 3 N–H and O–H groups in total. The first kappa shape index (κ1) is 21.9. The van der Waals surface area contributed by atoms with Gasteiger partial charge in [0.15, 0.2) is 0 Å². The monoisotopic (exact) mass is 490 g/mol. The molecule has 170 valence electrons. The van der Waals surface area contributed by atoms with Crippen LogP contribution in [0.3, 0.4) is 0 Å². The Morgan fingerprint density at radius 2 is 1.94 bits per heavy atom. The van der Waals surface area contributed by atoms with Gasteiger partial charge >= 0.3 is 0 Å². The zero-order chi connectivity index (χ0) is 23.5. The summed E-state index contributed by atoms with van der Waals surface area (Å²) in [6.07, 6.45) is 7.06. The fraction of sp³-hybridized carbons (Fsp3) is 0.0417. The summed E-state index contributed by atoms with van der Waals surface area (Å²) in [5, 5.41) is 4.71. The zero-order valence-electron chi connectivity index (χ0n) is 17.7. The molecule has 1 aliphatic rings. The summed E-state index contributed by atoms with van der Waals surface area (Å²) in [4.78, 5) is 29.3. The summed E-state index contributed by atoms with van der Waals surface area (Å²) in [5.41, 5.74) is 10.3. The van der Waals surface area contributed by atoms with Crippen LogP contribution in [0, 0.1) is 0 Å². The van der Waals surface area contributed by atoms with Gasteiger partial charge in [-0.25, -0.2) is 0 Å². The summed E-state index contributed by atoms with van der Waals surface area (Å²) < 4.78 is 2.17. The molecule has 8 nitrogen and oxygen atoms in total. The summed E-state index contributed by atoms with van der Waals surface area (Å²) >= 11 is 7.15. The third-order valence-electron chi connectivity index (χ3n) is 5.19. The van der Waals surface area contributed by atoms with Crippen molar-refractivity contribution in [3.05, 3.63) is 111 Å². The smallest absolute Gasteiger partial charge is 0.261 e. The van der Waals surface area contributed by atoms with E-state index in [4.69, 9.17) is 11.6 Å². The molecule has 3 aromatic heterocycles. The molecule has 0 aliphatic carbocycles. The van der Waals surface area contributed by atoms with Crippen LogP contribution in [0.25, 0.3) is 16.8 Å². The number of amides is 1. The number of benzene rings is 1. The van der Waals surface area contributed by atoms with Crippen LogP contribution in [0.2, 0.25) is 4.34 Å². The minimum atomic E-state index is -0.187. The van der Waals surface area contributed by atoms with Gasteiger partial charge in [0.05, 0.1) is 27.1 Å². The maximum atomic E-state index is 12.4. The molecule has 0 spiro atoms. The molecular formula is C24H19ClN6O2S. The van der Waals surface area contributed by atoms with E-state index in [1.54, 1.807) is 41.4 Å². The van der Waals surface area contributed by atoms with Gasteiger partial charge in [-0.1, -0.05) is 17.7 Å². The van der Waals surface area contributed by atoms with Gasteiger partial charge in [-0.3, -0.25) is 24.1 Å². The maximum absolute atomic E-state index is 12.4. The summed E-state index contributed by atoms with van der Waals surface area (Å²) in [7, 11) is 0. The fourth-order valence-corrected chi connectivity index (χ4v) is 4.52. The first-order valence-electron chi connectivity index (χ1n) is 10.4. The molecule has 0 bridgehead atoms. The molecule has 0 saturated carbocycles. The molecule has 0 unspecified atom stereocenters. The van der Waals surface area contributed by atoms with Crippen LogP contribution >= 0.6 is 22.9 Å². The molecule has 4 aromatic rings. The number of thiophene rings is 1. The molecule has 0 atom stereocenters. The Labute approximate surface area is 204 Å². The lowest BCUT2D eigenvalue weighted by atomic mass is 10.0. The number of carbonyl (C=O) groups is 1. The predicted molar refractivity (Wildman–Crippen MR) is 134 cm³/mol. The van der Waals surface area contributed by atoms with E-state index in [1.807, 2.05) is 47.6 Å². The van der Waals surface area contributed by atoms with E-state index in [0.29, 0.717) is 15.8 Å². The number of hydrogen-bond acceptors (Lipinski definition) is 7. The van der Waals surface area contributed by atoms with E-state index in [1.165, 1.54) is 17.4 Å². The second-order valence-corrected chi connectivity index (χ2v) is 9.11. The topological polar surface area (TPSA) is 91.3 Å². The minimum absolute atomic E-state index is 0.109. The van der Waals surface area contributed by atoms with E-state index >= 15 is 0 Å². The normalized spacial score (nSPS) is 12.9. The Bertz CT molecular complexity index is 1430. The Hall–Kier alpha value is -3.92. The van der Waals surface area contributed by atoms with E-state index in [-0.39, 0.29) is 11.5 Å². The quantitative estimate of drug-likeness (QED) is 0.381. The molecule has 1 aromatic carbocycles. The van der Waals surface area contributed by atoms with E-state index in [0.717, 1.165) is 28.2 Å². The average molecular weight is 491 g/mol. The molecule has 1 amide bonds. The zero-order valence-corrected chi connectivity index (χ0v) is 19.3. The van der Waals surface area contributed by atoms with Crippen molar-refractivity contribution in [1.29, 1.82) is 0 Å². The molecular weight excluding hydrogens is 472 g/mol. The molecule has 0 saturated heterocycles. The highest BCUT2D eigenvalue weighted by Gasteiger charge is 2.19. The predicted octanol–water partition coefficient (Wildman–Crippen LogP) is 3.72. The largest absolute Gasteiger partial charge is 0.346 e. The van der Waals surface area contributed by atoms with Crippen molar-refractivity contribution < 1.29 is 4.79 Å². The molecule has 0 radical (unpaired) electrons. The highest BCUT2D eigenvalue weighted by atomic mass is 35.5. The minimum Gasteiger partial charge on any atom is -0.346 e. The van der Waals surface area contributed by atoms with Crippen LogP contribution < -0.4 is 26.8 Å². The molecule has 1 aliphatic heterocycles. The Morgan fingerprint density at radius 3 is 2.71 bits per heavy atom. The van der Waals surface area contributed by atoms with Crippen LogP contribution in [-0.2, 0) is 0 Å². The number of nitrogens with zero attached hydrogens (tertiary/aromatic N) is 3. The number of anilines is 1. The number of aromatic nitrogens is 2. The van der Waals surface area contributed by atoms with Crippen molar-refractivity contribution in [2.24, 2.45) is 0 Å². The van der Waals surface area contributed by atoms with Crippen LogP contribution in [-0.4, -0.2) is 22.0 Å². The van der Waals surface area contributed by atoms with Crippen LogP contribution in [0.15, 0.2) is 95.9 Å². The second kappa shape index (κ2) is 9.52. The number of pyridine rings is 2. The fourth-order valence-electron chi connectivity index (χ4n) is 3.56. The molecule has 34 heavy (non-hydrogen) atoms. The Morgan fingerprint density at radius 1 is 1.09 bits per heavy atom. The molecule has 4 heterocycles. The lowest BCUT2D eigenvalue weighted by Crippen LogP contribution is -2.38. The van der Waals surface area contributed by atoms with Crippen molar-refractivity contribution in [3.63, 3.8) is 0 Å².